The molecule has 0 amide bonds. The van der Waals surface area contributed by atoms with E-state index in [2.05, 4.69) is 23.1 Å². The first-order valence-corrected chi connectivity index (χ1v) is 11.7. The molecule has 0 aromatic carbocycles. The van der Waals surface area contributed by atoms with Gasteiger partial charge in [-0.2, -0.15) is 11.8 Å². The van der Waals surface area contributed by atoms with Crippen LogP contribution < -0.4 is 10.6 Å². The molecule has 1 aromatic heterocycles. The standard InChI is InChI=1S/C20H35N5S/c1-24(13-14-26-2)15-17(21)19-22-18-10-6-5-9-16(18)20(23-19)25-11-7-3-4-8-12-25/h17H,3-15,21H2,1-2H3. The van der Waals surface area contributed by atoms with E-state index >= 15 is 0 Å². The molecule has 1 aliphatic carbocycles. The number of aryl methyl sites for hydroxylation is 1. The molecule has 1 fully saturated rings. The Balaban J connectivity index is 1.82. The Kier molecular flexibility index (Phi) is 7.58. The summed E-state index contributed by atoms with van der Waals surface area (Å²) in [6, 6.07) is -0.111. The molecule has 1 aromatic rings. The first-order valence-electron chi connectivity index (χ1n) is 10.3. The normalized spacial score (nSPS) is 19.3. The van der Waals surface area contributed by atoms with Crippen LogP contribution in [0.3, 0.4) is 0 Å². The highest BCUT2D eigenvalue weighted by molar-refractivity contribution is 7.98. The van der Waals surface area contributed by atoms with Crippen molar-refractivity contribution in [3.63, 3.8) is 0 Å². The van der Waals surface area contributed by atoms with Gasteiger partial charge in [0.05, 0.1) is 6.04 Å². The lowest BCUT2D eigenvalue weighted by Gasteiger charge is -2.29. The summed E-state index contributed by atoms with van der Waals surface area (Å²) in [5, 5.41) is 0. The first-order chi connectivity index (χ1) is 12.7. The van der Waals surface area contributed by atoms with Crippen LogP contribution in [0.1, 0.15) is 61.6 Å². The fourth-order valence-electron chi connectivity index (χ4n) is 4.06. The molecule has 146 valence electrons. The highest BCUT2D eigenvalue weighted by Crippen LogP contribution is 2.30. The fraction of sp³-hybridized carbons (Fsp3) is 0.800. The molecule has 2 aliphatic rings. The van der Waals surface area contributed by atoms with Gasteiger partial charge in [-0.15, -0.1) is 0 Å². The number of nitrogens with zero attached hydrogens (tertiary/aromatic N) is 4. The van der Waals surface area contributed by atoms with E-state index in [0.29, 0.717) is 0 Å². The molecule has 5 nitrogen and oxygen atoms in total. The summed E-state index contributed by atoms with van der Waals surface area (Å²) in [6.07, 6.45) is 12.1. The largest absolute Gasteiger partial charge is 0.356 e. The molecule has 3 rings (SSSR count). The Morgan fingerprint density at radius 2 is 1.81 bits per heavy atom. The van der Waals surface area contributed by atoms with Gasteiger partial charge in [0, 0.05) is 43.2 Å². The zero-order valence-electron chi connectivity index (χ0n) is 16.5. The fourth-order valence-corrected chi connectivity index (χ4v) is 4.55. The van der Waals surface area contributed by atoms with Gasteiger partial charge in [-0.3, -0.25) is 0 Å². The summed E-state index contributed by atoms with van der Waals surface area (Å²) >= 11 is 1.87. The molecule has 0 saturated carbocycles. The molecule has 6 heteroatoms. The van der Waals surface area contributed by atoms with Crippen molar-refractivity contribution >= 4 is 17.6 Å². The number of hydrogen-bond donors (Lipinski definition) is 1. The number of anilines is 1. The van der Waals surface area contributed by atoms with Crippen LogP contribution in [0.25, 0.3) is 0 Å². The smallest absolute Gasteiger partial charge is 0.149 e. The molecule has 2 N–H and O–H groups in total. The van der Waals surface area contributed by atoms with Crippen LogP contribution in [-0.4, -0.2) is 60.1 Å². The van der Waals surface area contributed by atoms with Crippen molar-refractivity contribution in [2.75, 3.05) is 50.1 Å². The number of aromatic nitrogens is 2. The molecule has 1 aliphatic heterocycles. The van der Waals surface area contributed by atoms with Crippen LogP contribution in [0, 0.1) is 0 Å². The van der Waals surface area contributed by atoms with Gasteiger partial charge >= 0.3 is 0 Å². The van der Waals surface area contributed by atoms with Gasteiger partial charge < -0.3 is 15.5 Å². The zero-order chi connectivity index (χ0) is 18.4. The van der Waals surface area contributed by atoms with E-state index in [4.69, 9.17) is 15.7 Å². The third-order valence-electron chi connectivity index (χ3n) is 5.60. The molecule has 0 radical (unpaired) electrons. The Labute approximate surface area is 163 Å². The van der Waals surface area contributed by atoms with Crippen LogP contribution >= 0.6 is 11.8 Å². The van der Waals surface area contributed by atoms with E-state index < -0.39 is 0 Å². The average molecular weight is 378 g/mol. The second-order valence-electron chi connectivity index (χ2n) is 7.80. The minimum atomic E-state index is -0.111. The van der Waals surface area contributed by atoms with Crippen molar-refractivity contribution in [2.24, 2.45) is 5.73 Å². The van der Waals surface area contributed by atoms with E-state index in [-0.39, 0.29) is 6.04 Å². The van der Waals surface area contributed by atoms with Crippen molar-refractivity contribution < 1.29 is 0 Å². The lowest BCUT2D eigenvalue weighted by molar-refractivity contribution is 0.326. The maximum Gasteiger partial charge on any atom is 0.149 e. The number of fused-ring (bicyclic) bond motifs is 1. The number of nitrogens with two attached hydrogens (primary N) is 1. The van der Waals surface area contributed by atoms with E-state index in [1.807, 2.05) is 11.8 Å². The van der Waals surface area contributed by atoms with Crippen molar-refractivity contribution in [3.8, 4) is 0 Å². The van der Waals surface area contributed by atoms with Crippen LogP contribution in [0.15, 0.2) is 0 Å². The topological polar surface area (TPSA) is 58.3 Å². The van der Waals surface area contributed by atoms with E-state index in [0.717, 1.165) is 50.6 Å². The first kappa shape index (κ1) is 19.9. The summed E-state index contributed by atoms with van der Waals surface area (Å²) in [5.74, 6) is 3.18. The molecule has 1 atom stereocenters. The lowest BCUT2D eigenvalue weighted by atomic mass is 9.95. The van der Waals surface area contributed by atoms with Crippen molar-refractivity contribution in [1.29, 1.82) is 0 Å². The monoisotopic (exact) mass is 377 g/mol. The predicted molar refractivity (Wildman–Crippen MR) is 112 cm³/mol. The van der Waals surface area contributed by atoms with E-state index in [9.17, 15) is 0 Å². The number of likely N-dealkylation sites (N-methyl/N-ethyl adjacent to an activating group) is 1. The molecule has 2 heterocycles. The van der Waals surface area contributed by atoms with Crippen LogP contribution in [0.4, 0.5) is 5.82 Å². The van der Waals surface area contributed by atoms with Crippen molar-refractivity contribution in [2.45, 2.75) is 57.4 Å². The Hall–Kier alpha value is -0.850. The molecular weight excluding hydrogens is 342 g/mol. The second kappa shape index (κ2) is 9.90. The SMILES string of the molecule is CSCCN(C)CC(N)c1nc2c(c(N3CCCCCC3)n1)CCCC2. The molecule has 26 heavy (non-hydrogen) atoms. The van der Waals surface area contributed by atoms with Gasteiger partial charge in [-0.05, 0) is 51.8 Å². The molecule has 0 spiro atoms. The van der Waals surface area contributed by atoms with Crippen molar-refractivity contribution in [1.82, 2.24) is 14.9 Å². The second-order valence-corrected chi connectivity index (χ2v) is 8.79. The minimum absolute atomic E-state index is 0.111. The zero-order valence-corrected chi connectivity index (χ0v) is 17.4. The van der Waals surface area contributed by atoms with Gasteiger partial charge in [0.1, 0.15) is 11.6 Å². The van der Waals surface area contributed by atoms with Crippen LogP contribution in [0.2, 0.25) is 0 Å². The summed E-state index contributed by atoms with van der Waals surface area (Å²) in [7, 11) is 2.14. The van der Waals surface area contributed by atoms with Crippen molar-refractivity contribution in [3.05, 3.63) is 17.1 Å². The van der Waals surface area contributed by atoms with Crippen LogP contribution in [0.5, 0.6) is 0 Å². The van der Waals surface area contributed by atoms with E-state index in [1.165, 1.54) is 55.6 Å². The van der Waals surface area contributed by atoms with Gasteiger partial charge in [-0.25, -0.2) is 9.97 Å². The predicted octanol–water partition coefficient (Wildman–Crippen LogP) is 3.03. The molecule has 0 bridgehead atoms. The Bertz CT molecular complexity index is 572. The minimum Gasteiger partial charge on any atom is -0.356 e. The number of thioether (sulfide) groups is 1. The summed E-state index contributed by atoms with van der Waals surface area (Å²) in [4.78, 5) is 14.8. The Morgan fingerprint density at radius 1 is 1.08 bits per heavy atom. The maximum atomic E-state index is 6.54. The van der Waals surface area contributed by atoms with E-state index in [1.54, 1.807) is 0 Å². The Morgan fingerprint density at radius 3 is 2.54 bits per heavy atom. The van der Waals surface area contributed by atoms with Crippen LogP contribution in [-0.2, 0) is 12.8 Å². The molecule has 1 saturated heterocycles. The van der Waals surface area contributed by atoms with Gasteiger partial charge in [-0.1, -0.05) is 12.8 Å². The third kappa shape index (κ3) is 5.11. The highest BCUT2D eigenvalue weighted by atomic mass is 32.2. The van der Waals surface area contributed by atoms with Gasteiger partial charge in [0.25, 0.3) is 0 Å². The molecular formula is C20H35N5S. The number of rotatable bonds is 7. The third-order valence-corrected chi connectivity index (χ3v) is 6.19. The average Bonchev–Trinajstić information content (AvgIpc) is 2.94. The van der Waals surface area contributed by atoms with Gasteiger partial charge in [0.15, 0.2) is 0 Å². The lowest BCUT2D eigenvalue weighted by Crippen LogP contribution is -2.33. The molecule has 1 unspecified atom stereocenters. The quantitative estimate of drug-likeness (QED) is 0.788. The summed E-state index contributed by atoms with van der Waals surface area (Å²) < 4.78 is 0. The summed E-state index contributed by atoms with van der Waals surface area (Å²) in [6.45, 7) is 4.13. The highest BCUT2D eigenvalue weighted by Gasteiger charge is 2.24. The number of hydrogen-bond acceptors (Lipinski definition) is 6. The van der Waals surface area contributed by atoms with Gasteiger partial charge in [0.2, 0.25) is 0 Å². The summed E-state index contributed by atoms with van der Waals surface area (Å²) in [5.41, 5.74) is 9.21. The maximum absolute atomic E-state index is 6.54.